The number of hydrogen-bond acceptors (Lipinski definition) is 3. The smallest absolute Gasteiger partial charge is 0.148 e. The van der Waals surface area contributed by atoms with Gasteiger partial charge in [-0.25, -0.2) is 0 Å². The first-order valence-corrected chi connectivity index (χ1v) is 4.15. The Morgan fingerprint density at radius 2 is 2.42 bits per heavy atom. The van der Waals surface area contributed by atoms with Crippen LogP contribution in [0.3, 0.4) is 0 Å². The van der Waals surface area contributed by atoms with Gasteiger partial charge in [0.05, 0.1) is 0 Å². The zero-order valence-electron chi connectivity index (χ0n) is 7.07. The van der Waals surface area contributed by atoms with E-state index in [2.05, 4.69) is 4.99 Å². The Morgan fingerprint density at radius 1 is 1.58 bits per heavy atom. The van der Waals surface area contributed by atoms with Gasteiger partial charge < -0.3 is 10.5 Å². The van der Waals surface area contributed by atoms with Crippen LogP contribution in [-0.2, 0) is 4.74 Å². The Balaban J connectivity index is 2.33. The molecule has 2 N–H and O–H groups in total. The van der Waals surface area contributed by atoms with Gasteiger partial charge in [0.15, 0.2) is 0 Å². The van der Waals surface area contributed by atoms with Gasteiger partial charge >= 0.3 is 0 Å². The van der Waals surface area contributed by atoms with Gasteiger partial charge in [-0.15, -0.1) is 0 Å². The summed E-state index contributed by atoms with van der Waals surface area (Å²) in [5, 5.41) is 0. The second kappa shape index (κ2) is 4.98. The van der Waals surface area contributed by atoms with Gasteiger partial charge in [0.1, 0.15) is 14.1 Å². The molecule has 3 nitrogen and oxygen atoms in total. The van der Waals surface area contributed by atoms with E-state index >= 15 is 0 Å². The summed E-state index contributed by atoms with van der Waals surface area (Å²) in [4.78, 5) is 4.13. The minimum Gasteiger partial charge on any atom is -0.405 e. The van der Waals surface area contributed by atoms with Crippen molar-refractivity contribution >= 4 is 14.1 Å². The quantitative estimate of drug-likeness (QED) is 0.478. The molecule has 4 heteroatoms. The highest BCUT2D eigenvalue weighted by molar-refractivity contribution is 6.32. The first-order chi connectivity index (χ1) is 5.83. The predicted molar refractivity (Wildman–Crippen MR) is 50.1 cm³/mol. The maximum Gasteiger partial charge on any atom is 0.148 e. The Kier molecular flexibility index (Phi) is 3.87. The molecule has 0 spiro atoms. The topological polar surface area (TPSA) is 47.6 Å². The molecule has 0 saturated carbocycles. The molecule has 1 fully saturated rings. The number of rotatable bonds is 2. The molecule has 0 aromatic rings. The molecule has 1 saturated heterocycles. The molecule has 0 bridgehead atoms. The number of aliphatic imine (C=N–C) groups is 1. The van der Waals surface area contributed by atoms with Crippen LogP contribution in [0.4, 0.5) is 0 Å². The van der Waals surface area contributed by atoms with Crippen LogP contribution >= 0.6 is 0 Å². The number of ether oxygens (including phenoxy) is 1. The van der Waals surface area contributed by atoms with E-state index in [1.165, 1.54) is 12.6 Å². The predicted octanol–water partition coefficient (Wildman–Crippen LogP) is 0.552. The summed E-state index contributed by atoms with van der Waals surface area (Å²) in [6, 6.07) is 0. The summed E-state index contributed by atoms with van der Waals surface area (Å²) in [6.45, 7) is 0.800. The largest absolute Gasteiger partial charge is 0.405 e. The van der Waals surface area contributed by atoms with Crippen LogP contribution in [-0.4, -0.2) is 26.9 Å². The van der Waals surface area contributed by atoms with E-state index < -0.39 is 0 Å². The first kappa shape index (κ1) is 9.32. The molecule has 0 aromatic heterocycles. The Bertz CT molecular complexity index is 185. The normalized spacial score (nSPS) is 26.3. The van der Waals surface area contributed by atoms with Crippen LogP contribution in [0, 0.1) is 0 Å². The van der Waals surface area contributed by atoms with Crippen LogP contribution < -0.4 is 5.73 Å². The Morgan fingerprint density at radius 3 is 3.00 bits per heavy atom. The summed E-state index contributed by atoms with van der Waals surface area (Å²) < 4.78 is 5.35. The summed E-state index contributed by atoms with van der Waals surface area (Å²) in [5.41, 5.74) is 5.64. The fraction of sp³-hybridized carbons (Fsp3) is 0.625. The standard InChI is InChI=1S/C8H13BN2O/c9-7(5-10)6-11-8-3-1-2-4-12-8/h5-6,8H,1-4,10H2/b7-5+,11-6+. The van der Waals surface area contributed by atoms with Gasteiger partial charge in [-0.3, -0.25) is 4.99 Å². The molecule has 1 aliphatic heterocycles. The zero-order chi connectivity index (χ0) is 8.81. The van der Waals surface area contributed by atoms with Crippen LogP contribution in [0.2, 0.25) is 0 Å². The van der Waals surface area contributed by atoms with Gasteiger partial charge in [-0.2, -0.15) is 0 Å². The van der Waals surface area contributed by atoms with E-state index in [1.807, 2.05) is 0 Å². The molecule has 1 unspecified atom stereocenters. The average molecular weight is 164 g/mol. The highest BCUT2D eigenvalue weighted by atomic mass is 16.5. The van der Waals surface area contributed by atoms with Crippen molar-refractivity contribution in [3.8, 4) is 0 Å². The molecule has 64 valence electrons. The second-order valence-corrected chi connectivity index (χ2v) is 2.77. The lowest BCUT2D eigenvalue weighted by atomic mass is 9.99. The lowest BCUT2D eigenvalue weighted by Crippen LogP contribution is -2.16. The van der Waals surface area contributed by atoms with Gasteiger partial charge in [0, 0.05) is 12.8 Å². The zero-order valence-corrected chi connectivity index (χ0v) is 7.07. The van der Waals surface area contributed by atoms with Crippen LogP contribution in [0.15, 0.2) is 16.7 Å². The van der Waals surface area contributed by atoms with Crippen molar-refractivity contribution in [2.45, 2.75) is 25.5 Å². The molecule has 12 heavy (non-hydrogen) atoms. The molecular weight excluding hydrogens is 151 g/mol. The van der Waals surface area contributed by atoms with Crippen molar-refractivity contribution in [2.75, 3.05) is 6.61 Å². The van der Waals surface area contributed by atoms with Crippen molar-refractivity contribution in [3.05, 3.63) is 11.7 Å². The van der Waals surface area contributed by atoms with Crippen LogP contribution in [0.25, 0.3) is 0 Å². The summed E-state index contributed by atoms with van der Waals surface area (Å²) in [6.07, 6.45) is 6.15. The van der Waals surface area contributed by atoms with E-state index in [0.717, 1.165) is 19.4 Å². The van der Waals surface area contributed by atoms with Crippen LogP contribution in [0.5, 0.6) is 0 Å². The fourth-order valence-electron chi connectivity index (χ4n) is 1.05. The second-order valence-electron chi connectivity index (χ2n) is 2.77. The summed E-state index contributed by atoms with van der Waals surface area (Å²) >= 11 is 0. The minimum absolute atomic E-state index is 0.0164. The molecule has 2 radical (unpaired) electrons. The number of nitrogens with zero attached hydrogens (tertiary/aromatic N) is 1. The molecule has 1 heterocycles. The van der Waals surface area contributed by atoms with Gasteiger partial charge in [-0.05, 0) is 25.5 Å². The minimum atomic E-state index is -0.0164. The lowest BCUT2D eigenvalue weighted by molar-refractivity contribution is 0.0227. The molecule has 1 rings (SSSR count). The van der Waals surface area contributed by atoms with Crippen molar-refractivity contribution in [1.82, 2.24) is 0 Å². The number of allylic oxidation sites excluding steroid dienone is 1. The third kappa shape index (κ3) is 3.09. The maximum absolute atomic E-state index is 5.42. The van der Waals surface area contributed by atoms with Gasteiger partial charge in [0.25, 0.3) is 0 Å². The monoisotopic (exact) mass is 164 g/mol. The molecular formula is C8H13BN2O. The number of hydrogen-bond donors (Lipinski definition) is 1. The van der Waals surface area contributed by atoms with E-state index in [1.54, 1.807) is 6.21 Å². The Hall–Kier alpha value is -0.765. The molecule has 1 atom stereocenters. The van der Waals surface area contributed by atoms with Crippen molar-refractivity contribution in [3.63, 3.8) is 0 Å². The molecule has 0 aliphatic carbocycles. The summed E-state index contributed by atoms with van der Waals surface area (Å²) in [5.74, 6) is 0. The van der Waals surface area contributed by atoms with Crippen molar-refractivity contribution in [2.24, 2.45) is 10.7 Å². The SMILES string of the molecule is [B]C(=C/N)/C=N/C1CCCCO1. The highest BCUT2D eigenvalue weighted by Crippen LogP contribution is 2.12. The molecule has 0 amide bonds. The van der Waals surface area contributed by atoms with Crippen molar-refractivity contribution in [1.29, 1.82) is 0 Å². The lowest BCUT2D eigenvalue weighted by Gasteiger charge is -2.18. The third-order valence-electron chi connectivity index (χ3n) is 1.74. The van der Waals surface area contributed by atoms with E-state index in [4.69, 9.17) is 18.3 Å². The molecule has 1 aliphatic rings. The van der Waals surface area contributed by atoms with Gasteiger partial charge in [-0.1, -0.05) is 5.47 Å². The summed E-state index contributed by atoms with van der Waals surface area (Å²) in [7, 11) is 5.42. The van der Waals surface area contributed by atoms with E-state index in [0.29, 0.717) is 5.47 Å². The van der Waals surface area contributed by atoms with E-state index in [9.17, 15) is 0 Å². The fourth-order valence-corrected chi connectivity index (χ4v) is 1.05. The van der Waals surface area contributed by atoms with Crippen molar-refractivity contribution < 1.29 is 4.74 Å². The van der Waals surface area contributed by atoms with Crippen LogP contribution in [0.1, 0.15) is 19.3 Å². The number of nitrogens with two attached hydrogens (primary N) is 1. The first-order valence-electron chi connectivity index (χ1n) is 4.15. The third-order valence-corrected chi connectivity index (χ3v) is 1.74. The molecule has 0 aromatic carbocycles. The average Bonchev–Trinajstić information content (AvgIpc) is 2.16. The van der Waals surface area contributed by atoms with Gasteiger partial charge in [0.2, 0.25) is 0 Å². The highest BCUT2D eigenvalue weighted by Gasteiger charge is 2.10. The maximum atomic E-state index is 5.42. The Labute approximate surface area is 74.1 Å². The van der Waals surface area contributed by atoms with E-state index in [-0.39, 0.29) is 6.23 Å².